The molecule has 1 aromatic carbocycles. The Hall–Kier alpha value is -2.36. The summed E-state index contributed by atoms with van der Waals surface area (Å²) >= 11 is 1.52. The minimum absolute atomic E-state index is 0.170. The molecule has 2 fully saturated rings. The molecule has 9 heteroatoms. The second-order valence-electron chi connectivity index (χ2n) is 7.58. The normalized spacial score (nSPS) is 21.9. The number of furan rings is 1. The van der Waals surface area contributed by atoms with Crippen LogP contribution in [0.1, 0.15) is 27.7 Å². The van der Waals surface area contributed by atoms with Crippen molar-refractivity contribution in [2.45, 2.75) is 17.8 Å². The molecule has 0 bridgehead atoms. The van der Waals surface area contributed by atoms with Gasteiger partial charge in [-0.05, 0) is 43.3 Å². The summed E-state index contributed by atoms with van der Waals surface area (Å²) in [5.41, 5.74) is 1.17. The molecule has 2 aliphatic rings. The first-order chi connectivity index (χ1) is 15.1. The van der Waals surface area contributed by atoms with Crippen molar-refractivity contribution in [3.63, 3.8) is 0 Å². The molecule has 2 saturated heterocycles. The molecule has 0 aliphatic carbocycles. The van der Waals surface area contributed by atoms with E-state index in [4.69, 9.17) is 9.15 Å². The molecule has 0 spiro atoms. The summed E-state index contributed by atoms with van der Waals surface area (Å²) in [6.45, 7) is 4.79. The molecule has 4 rings (SSSR count). The van der Waals surface area contributed by atoms with Gasteiger partial charge >= 0.3 is 0 Å². The zero-order valence-electron chi connectivity index (χ0n) is 17.2. The monoisotopic (exact) mass is 447 g/mol. The Kier molecular flexibility index (Phi) is 7.26. The van der Waals surface area contributed by atoms with Gasteiger partial charge in [-0.25, -0.2) is 4.39 Å². The Morgan fingerprint density at radius 1 is 1.16 bits per heavy atom. The summed E-state index contributed by atoms with van der Waals surface area (Å²) in [6, 6.07) is 6.60. The fraction of sp³-hybridized carbons (Fsp3) is 0.455. The van der Waals surface area contributed by atoms with Crippen LogP contribution in [0.4, 0.5) is 4.39 Å². The van der Waals surface area contributed by atoms with E-state index in [0.29, 0.717) is 17.9 Å². The quantitative estimate of drug-likeness (QED) is 0.658. The molecule has 166 valence electrons. The van der Waals surface area contributed by atoms with E-state index in [9.17, 15) is 14.0 Å². The number of carbonyl (C=O) groups excluding carboxylic acids is 2. The molecular weight excluding hydrogens is 421 g/mol. The van der Waals surface area contributed by atoms with E-state index in [1.165, 1.54) is 36.0 Å². The Labute approximate surface area is 184 Å². The van der Waals surface area contributed by atoms with E-state index in [-0.39, 0.29) is 17.2 Å². The second kappa shape index (κ2) is 10.3. The van der Waals surface area contributed by atoms with Crippen molar-refractivity contribution >= 4 is 23.6 Å². The number of rotatable bonds is 7. The SMILES string of the molecule is O=C(NCCCN1CCOCC1)C1CSC(c2ccoc2)N1C(=O)c1ccc(F)cc1. The number of ether oxygens (including phenoxy) is 1. The lowest BCUT2D eigenvalue weighted by Gasteiger charge is -2.29. The maximum Gasteiger partial charge on any atom is 0.255 e. The molecule has 2 amide bonds. The second-order valence-corrected chi connectivity index (χ2v) is 8.69. The fourth-order valence-electron chi connectivity index (χ4n) is 3.83. The van der Waals surface area contributed by atoms with Gasteiger partial charge < -0.3 is 19.4 Å². The van der Waals surface area contributed by atoms with Gasteiger partial charge in [0.2, 0.25) is 5.91 Å². The zero-order valence-corrected chi connectivity index (χ0v) is 18.0. The van der Waals surface area contributed by atoms with Crippen LogP contribution in [0.3, 0.4) is 0 Å². The molecule has 2 aliphatic heterocycles. The van der Waals surface area contributed by atoms with Crippen LogP contribution in [0.25, 0.3) is 0 Å². The van der Waals surface area contributed by atoms with E-state index < -0.39 is 11.9 Å². The van der Waals surface area contributed by atoms with E-state index >= 15 is 0 Å². The summed E-state index contributed by atoms with van der Waals surface area (Å²) in [5, 5.41) is 2.65. The number of benzene rings is 1. The largest absolute Gasteiger partial charge is 0.472 e. The van der Waals surface area contributed by atoms with E-state index in [1.54, 1.807) is 23.5 Å². The summed E-state index contributed by atoms with van der Waals surface area (Å²) in [5.74, 6) is -0.396. The van der Waals surface area contributed by atoms with Crippen LogP contribution in [-0.2, 0) is 9.53 Å². The van der Waals surface area contributed by atoms with Gasteiger partial charge in [0.1, 0.15) is 17.2 Å². The van der Waals surface area contributed by atoms with Crippen molar-refractivity contribution in [1.82, 2.24) is 15.1 Å². The molecule has 2 unspecified atom stereocenters. The van der Waals surface area contributed by atoms with Gasteiger partial charge in [0, 0.05) is 36.5 Å². The van der Waals surface area contributed by atoms with Crippen molar-refractivity contribution in [3.05, 3.63) is 59.8 Å². The topological polar surface area (TPSA) is 75.0 Å². The van der Waals surface area contributed by atoms with Gasteiger partial charge in [0.15, 0.2) is 0 Å². The minimum atomic E-state index is -0.606. The highest BCUT2D eigenvalue weighted by Crippen LogP contribution is 2.42. The van der Waals surface area contributed by atoms with Crippen LogP contribution in [0.15, 0.2) is 47.3 Å². The number of nitrogens with one attached hydrogen (secondary N) is 1. The average Bonchev–Trinajstić information content (AvgIpc) is 3.47. The number of halogens is 1. The van der Waals surface area contributed by atoms with Crippen LogP contribution in [0.5, 0.6) is 0 Å². The fourth-order valence-corrected chi connectivity index (χ4v) is 5.23. The maximum absolute atomic E-state index is 13.3. The van der Waals surface area contributed by atoms with Crippen molar-refractivity contribution in [2.75, 3.05) is 45.1 Å². The number of thioether (sulfide) groups is 1. The summed E-state index contributed by atoms with van der Waals surface area (Å²) in [7, 11) is 0. The third-order valence-electron chi connectivity index (χ3n) is 5.51. The lowest BCUT2D eigenvalue weighted by molar-refractivity contribution is -0.124. The molecule has 0 radical (unpaired) electrons. The smallest absolute Gasteiger partial charge is 0.255 e. The standard InChI is InChI=1S/C22H26FN3O4S/c23-18-4-2-16(3-5-18)21(28)26-19(15-31-22(26)17-6-11-30-14-17)20(27)24-7-1-8-25-9-12-29-13-10-25/h2-6,11,14,19,22H,1,7-10,12-13,15H2,(H,24,27). The van der Waals surface area contributed by atoms with Crippen molar-refractivity contribution in [1.29, 1.82) is 0 Å². The Morgan fingerprint density at radius 3 is 2.65 bits per heavy atom. The van der Waals surface area contributed by atoms with Crippen LogP contribution in [-0.4, -0.2) is 72.8 Å². The third-order valence-corrected chi connectivity index (χ3v) is 6.83. The van der Waals surface area contributed by atoms with Crippen molar-refractivity contribution in [3.8, 4) is 0 Å². The zero-order chi connectivity index (χ0) is 21.6. The first-order valence-corrected chi connectivity index (χ1v) is 11.5. The molecule has 1 aromatic heterocycles. The minimum Gasteiger partial charge on any atom is -0.472 e. The van der Waals surface area contributed by atoms with Gasteiger partial charge in [0.25, 0.3) is 5.91 Å². The highest BCUT2D eigenvalue weighted by Gasteiger charge is 2.42. The Bertz CT molecular complexity index is 871. The Balaban J connectivity index is 1.41. The summed E-state index contributed by atoms with van der Waals surface area (Å²) in [6.07, 6.45) is 3.98. The predicted octanol–water partition coefficient (Wildman–Crippen LogP) is 2.51. The third kappa shape index (κ3) is 5.28. The lowest BCUT2D eigenvalue weighted by atomic mass is 10.1. The van der Waals surface area contributed by atoms with Crippen molar-refractivity contribution in [2.24, 2.45) is 0 Å². The molecular formula is C22H26FN3O4S. The van der Waals surface area contributed by atoms with E-state index in [0.717, 1.165) is 44.8 Å². The molecule has 0 saturated carbocycles. The van der Waals surface area contributed by atoms with Gasteiger partial charge in [-0.2, -0.15) is 0 Å². The summed E-state index contributed by atoms with van der Waals surface area (Å²) < 4.78 is 23.9. The van der Waals surface area contributed by atoms with Crippen LogP contribution in [0.2, 0.25) is 0 Å². The van der Waals surface area contributed by atoms with Gasteiger partial charge in [0.05, 0.1) is 25.7 Å². The predicted molar refractivity (Wildman–Crippen MR) is 115 cm³/mol. The van der Waals surface area contributed by atoms with Gasteiger partial charge in [-0.15, -0.1) is 11.8 Å². The highest BCUT2D eigenvalue weighted by atomic mass is 32.2. The van der Waals surface area contributed by atoms with E-state index in [2.05, 4.69) is 10.2 Å². The summed E-state index contributed by atoms with van der Waals surface area (Å²) in [4.78, 5) is 30.2. The van der Waals surface area contributed by atoms with Gasteiger partial charge in [-0.3, -0.25) is 14.5 Å². The van der Waals surface area contributed by atoms with Crippen LogP contribution in [0, 0.1) is 5.82 Å². The van der Waals surface area contributed by atoms with Crippen LogP contribution < -0.4 is 5.32 Å². The first kappa shape index (κ1) is 21.9. The molecule has 2 atom stereocenters. The van der Waals surface area contributed by atoms with E-state index in [1.807, 2.05) is 0 Å². The first-order valence-electron chi connectivity index (χ1n) is 10.4. The molecule has 3 heterocycles. The number of carbonyl (C=O) groups is 2. The highest BCUT2D eigenvalue weighted by molar-refractivity contribution is 7.99. The average molecular weight is 448 g/mol. The number of nitrogens with zero attached hydrogens (tertiary/aromatic N) is 2. The number of hydrogen-bond donors (Lipinski definition) is 1. The molecule has 31 heavy (non-hydrogen) atoms. The van der Waals surface area contributed by atoms with Crippen molar-refractivity contribution < 1.29 is 23.1 Å². The molecule has 1 N–H and O–H groups in total. The molecule has 2 aromatic rings. The Morgan fingerprint density at radius 2 is 1.94 bits per heavy atom. The number of morpholine rings is 1. The van der Waals surface area contributed by atoms with Crippen LogP contribution >= 0.6 is 11.8 Å². The number of hydrogen-bond acceptors (Lipinski definition) is 6. The van der Waals surface area contributed by atoms with Gasteiger partial charge in [-0.1, -0.05) is 0 Å². The molecule has 7 nitrogen and oxygen atoms in total. The lowest BCUT2D eigenvalue weighted by Crippen LogP contribution is -2.48. The maximum atomic E-state index is 13.3. The number of amides is 2.